The lowest BCUT2D eigenvalue weighted by molar-refractivity contribution is 0.0698. The summed E-state index contributed by atoms with van der Waals surface area (Å²) in [6.07, 6.45) is 1.46. The Bertz CT molecular complexity index is 1040. The highest BCUT2D eigenvalue weighted by Gasteiger charge is 2.25. The molecule has 0 saturated heterocycles. The Morgan fingerprint density at radius 2 is 2.04 bits per heavy atom. The number of imidazole rings is 1. The molecule has 0 unspecified atom stereocenters. The maximum Gasteiger partial charge on any atom is 0.337 e. The number of sulfonamides is 1. The Balaban J connectivity index is 2.12. The monoisotopic (exact) mass is 350 g/mol. The van der Waals surface area contributed by atoms with Crippen LogP contribution in [0.5, 0.6) is 0 Å². The number of aryl methyl sites for hydroxylation is 3. The van der Waals surface area contributed by atoms with Crippen molar-refractivity contribution in [1.82, 2.24) is 14.7 Å². The molecule has 0 radical (unpaired) electrons. The third kappa shape index (κ3) is 2.50. The third-order valence-corrected chi connectivity index (χ3v) is 5.16. The molecule has 0 aliphatic rings. The first kappa shape index (κ1) is 16.0. The van der Waals surface area contributed by atoms with Crippen LogP contribution < -0.4 is 4.72 Å². The van der Waals surface area contributed by atoms with E-state index in [1.165, 1.54) is 32.3 Å². The maximum atomic E-state index is 12.5. The van der Waals surface area contributed by atoms with Crippen LogP contribution in [0.4, 0.5) is 5.69 Å². The first-order valence-electron chi connectivity index (χ1n) is 6.85. The molecule has 0 saturated carbocycles. The van der Waals surface area contributed by atoms with Crippen LogP contribution in [-0.2, 0) is 17.1 Å². The fraction of sp³-hybridized carbons (Fsp3) is 0.214. The summed E-state index contributed by atoms with van der Waals surface area (Å²) in [4.78, 5) is 15.5. The van der Waals surface area contributed by atoms with Gasteiger partial charge in [-0.25, -0.2) is 18.2 Å². The second-order valence-corrected chi connectivity index (χ2v) is 6.93. The van der Waals surface area contributed by atoms with Crippen molar-refractivity contribution in [1.29, 1.82) is 0 Å². The number of nitrogens with one attached hydrogen (secondary N) is 1. The zero-order valence-corrected chi connectivity index (χ0v) is 13.9. The van der Waals surface area contributed by atoms with Crippen LogP contribution in [-0.4, -0.2) is 34.2 Å². The normalized spacial score (nSPS) is 11.8. The van der Waals surface area contributed by atoms with Gasteiger partial charge in [-0.3, -0.25) is 4.72 Å². The predicted molar refractivity (Wildman–Crippen MR) is 84.5 cm³/mol. The summed E-state index contributed by atoms with van der Waals surface area (Å²) in [5, 5.41) is 13.0. The van der Waals surface area contributed by atoms with Crippen molar-refractivity contribution in [2.75, 3.05) is 4.72 Å². The van der Waals surface area contributed by atoms with Crippen LogP contribution in [0.1, 0.15) is 21.8 Å². The van der Waals surface area contributed by atoms with E-state index in [0.717, 1.165) is 0 Å². The van der Waals surface area contributed by atoms with Gasteiger partial charge >= 0.3 is 5.97 Å². The van der Waals surface area contributed by atoms with Gasteiger partial charge in [-0.1, -0.05) is 5.16 Å². The SMILES string of the molecule is Cc1noc(C)c1S(=O)(=O)Nc1cc(C(=O)O)c2c(c1)ncn2C. The largest absolute Gasteiger partial charge is 0.478 e. The van der Waals surface area contributed by atoms with Gasteiger partial charge in [0, 0.05) is 7.05 Å². The maximum absolute atomic E-state index is 12.5. The zero-order valence-electron chi connectivity index (χ0n) is 13.1. The number of hydrogen-bond acceptors (Lipinski definition) is 6. The van der Waals surface area contributed by atoms with Crippen LogP contribution in [0.25, 0.3) is 11.0 Å². The van der Waals surface area contributed by atoms with Gasteiger partial charge in [0.15, 0.2) is 10.7 Å². The molecular formula is C14H14N4O5S. The van der Waals surface area contributed by atoms with E-state index in [1.807, 2.05) is 0 Å². The van der Waals surface area contributed by atoms with E-state index in [-0.39, 0.29) is 27.6 Å². The van der Waals surface area contributed by atoms with Crippen LogP contribution in [0.15, 0.2) is 27.9 Å². The van der Waals surface area contributed by atoms with Gasteiger partial charge in [-0.15, -0.1) is 0 Å². The molecule has 0 bridgehead atoms. The number of carbonyl (C=O) groups is 1. The van der Waals surface area contributed by atoms with Crippen molar-refractivity contribution in [3.8, 4) is 0 Å². The number of benzene rings is 1. The van der Waals surface area contributed by atoms with E-state index in [0.29, 0.717) is 11.0 Å². The van der Waals surface area contributed by atoms with E-state index in [4.69, 9.17) is 4.52 Å². The van der Waals surface area contributed by atoms with E-state index in [2.05, 4.69) is 14.9 Å². The van der Waals surface area contributed by atoms with Crippen LogP contribution in [0.2, 0.25) is 0 Å². The van der Waals surface area contributed by atoms with Crippen molar-refractivity contribution in [2.24, 2.45) is 7.05 Å². The van der Waals surface area contributed by atoms with E-state index >= 15 is 0 Å². The number of aromatic carboxylic acids is 1. The molecule has 126 valence electrons. The molecule has 0 fully saturated rings. The molecule has 0 aliphatic carbocycles. The molecule has 2 heterocycles. The Labute approximate surface area is 137 Å². The zero-order chi connectivity index (χ0) is 17.6. The van der Waals surface area contributed by atoms with E-state index < -0.39 is 16.0 Å². The van der Waals surface area contributed by atoms with Gasteiger partial charge in [0.2, 0.25) is 0 Å². The fourth-order valence-electron chi connectivity index (χ4n) is 2.58. The molecule has 9 nitrogen and oxygen atoms in total. The molecule has 3 rings (SSSR count). The average Bonchev–Trinajstić information content (AvgIpc) is 3.01. The minimum Gasteiger partial charge on any atom is -0.478 e. The minimum absolute atomic E-state index is 0.0519. The van der Waals surface area contributed by atoms with E-state index in [1.54, 1.807) is 11.6 Å². The fourth-order valence-corrected chi connectivity index (χ4v) is 3.95. The summed E-state index contributed by atoms with van der Waals surface area (Å²) >= 11 is 0. The highest BCUT2D eigenvalue weighted by molar-refractivity contribution is 7.92. The first-order chi connectivity index (χ1) is 11.2. The number of aromatic nitrogens is 3. The average molecular weight is 350 g/mol. The van der Waals surface area contributed by atoms with Crippen LogP contribution >= 0.6 is 0 Å². The number of rotatable bonds is 4. The van der Waals surface area contributed by atoms with Gasteiger partial charge < -0.3 is 14.2 Å². The van der Waals surface area contributed by atoms with Gasteiger partial charge in [0.25, 0.3) is 10.0 Å². The van der Waals surface area contributed by atoms with Crippen molar-refractivity contribution in [3.63, 3.8) is 0 Å². The Kier molecular flexibility index (Phi) is 3.56. The summed E-state index contributed by atoms with van der Waals surface area (Å²) in [6.45, 7) is 2.99. The number of nitrogens with zero attached hydrogens (tertiary/aromatic N) is 3. The summed E-state index contributed by atoms with van der Waals surface area (Å²) in [5.41, 5.74) is 1.04. The molecule has 10 heteroatoms. The number of carboxylic acid groups (broad SMARTS) is 1. The summed E-state index contributed by atoms with van der Waals surface area (Å²) in [6, 6.07) is 2.72. The van der Waals surface area contributed by atoms with Crippen molar-refractivity contribution in [2.45, 2.75) is 18.7 Å². The van der Waals surface area contributed by atoms with Gasteiger partial charge in [0.1, 0.15) is 5.69 Å². The minimum atomic E-state index is -3.97. The molecular weight excluding hydrogens is 336 g/mol. The van der Waals surface area contributed by atoms with Gasteiger partial charge in [-0.2, -0.15) is 0 Å². The topological polar surface area (TPSA) is 127 Å². The lowest BCUT2D eigenvalue weighted by Gasteiger charge is -2.09. The van der Waals surface area contributed by atoms with Crippen LogP contribution in [0.3, 0.4) is 0 Å². The number of fused-ring (bicyclic) bond motifs is 1. The number of carboxylic acids is 1. The molecule has 0 aliphatic heterocycles. The summed E-state index contributed by atoms with van der Waals surface area (Å²) in [7, 11) is -2.31. The molecule has 0 amide bonds. The van der Waals surface area contributed by atoms with Crippen molar-refractivity contribution >= 4 is 32.7 Å². The molecule has 1 aromatic carbocycles. The molecule has 0 spiro atoms. The molecule has 24 heavy (non-hydrogen) atoms. The highest BCUT2D eigenvalue weighted by atomic mass is 32.2. The lowest BCUT2D eigenvalue weighted by atomic mass is 10.1. The van der Waals surface area contributed by atoms with Crippen molar-refractivity contribution < 1.29 is 22.8 Å². The molecule has 3 aromatic rings. The lowest BCUT2D eigenvalue weighted by Crippen LogP contribution is -2.15. The smallest absolute Gasteiger partial charge is 0.337 e. The summed E-state index contributed by atoms with van der Waals surface area (Å²) in [5.74, 6) is -1.03. The highest BCUT2D eigenvalue weighted by Crippen LogP contribution is 2.27. The first-order valence-corrected chi connectivity index (χ1v) is 8.33. The molecule has 2 N–H and O–H groups in total. The predicted octanol–water partition coefficient (Wildman–Crippen LogP) is 1.68. The van der Waals surface area contributed by atoms with E-state index in [9.17, 15) is 18.3 Å². The standard InChI is InChI=1S/C14H14N4O5S/c1-7-13(8(2)23-16-7)24(21,22)17-9-4-10(14(19)20)12-11(5-9)15-6-18(12)3/h4-6,17H,1-3H3,(H,19,20). The van der Waals surface area contributed by atoms with Crippen molar-refractivity contribution in [3.05, 3.63) is 35.5 Å². The summed E-state index contributed by atoms with van der Waals surface area (Å²) < 4.78 is 33.9. The quantitative estimate of drug-likeness (QED) is 0.732. The Morgan fingerprint density at radius 3 is 2.62 bits per heavy atom. The number of anilines is 1. The van der Waals surface area contributed by atoms with Gasteiger partial charge in [0.05, 0.1) is 28.6 Å². The molecule has 0 atom stereocenters. The molecule has 2 aromatic heterocycles. The second-order valence-electron chi connectivity index (χ2n) is 5.31. The van der Waals surface area contributed by atoms with Gasteiger partial charge in [-0.05, 0) is 26.0 Å². The number of hydrogen-bond donors (Lipinski definition) is 2. The Morgan fingerprint density at radius 1 is 1.33 bits per heavy atom. The van der Waals surface area contributed by atoms with Crippen LogP contribution in [0, 0.1) is 13.8 Å². The second kappa shape index (κ2) is 5.34. The third-order valence-electron chi connectivity index (χ3n) is 3.53. The Hall–Kier alpha value is -2.88.